The summed E-state index contributed by atoms with van der Waals surface area (Å²) in [6, 6.07) is 8.43. The molecule has 3 heteroatoms. The van der Waals surface area contributed by atoms with Crippen molar-refractivity contribution in [2.24, 2.45) is 5.92 Å². The molecule has 1 saturated carbocycles. The van der Waals surface area contributed by atoms with Crippen LogP contribution in [0.2, 0.25) is 0 Å². The highest BCUT2D eigenvalue weighted by molar-refractivity contribution is 5.51. The molecule has 1 aromatic carbocycles. The largest absolute Gasteiger partial charge is 0.399 e. The Hall–Kier alpha value is -1.22. The van der Waals surface area contributed by atoms with Gasteiger partial charge < -0.3 is 15.8 Å². The maximum absolute atomic E-state index is 5.80. The van der Waals surface area contributed by atoms with Gasteiger partial charge in [0.25, 0.3) is 0 Å². The molecule has 3 N–H and O–H groups in total. The van der Waals surface area contributed by atoms with Crippen LogP contribution in [-0.2, 0) is 4.74 Å². The van der Waals surface area contributed by atoms with Crippen LogP contribution in [0.3, 0.4) is 0 Å². The molecule has 0 aromatic heterocycles. The van der Waals surface area contributed by atoms with Gasteiger partial charge in [0.2, 0.25) is 0 Å². The number of hydrogen-bond donors (Lipinski definition) is 2. The number of rotatable bonds is 3. The monoisotopic (exact) mass is 218 g/mol. The number of nitrogens with one attached hydrogen (secondary N) is 1. The zero-order valence-electron chi connectivity index (χ0n) is 9.36. The van der Waals surface area contributed by atoms with Gasteiger partial charge in [-0.05, 0) is 49.4 Å². The lowest BCUT2D eigenvalue weighted by Crippen LogP contribution is -2.30. The van der Waals surface area contributed by atoms with Crippen LogP contribution in [-0.4, -0.2) is 18.8 Å². The van der Waals surface area contributed by atoms with Crippen LogP contribution in [0, 0.1) is 5.92 Å². The fourth-order valence-electron chi connectivity index (χ4n) is 2.45. The van der Waals surface area contributed by atoms with E-state index in [0.29, 0.717) is 12.1 Å². The van der Waals surface area contributed by atoms with Crippen LogP contribution in [0.4, 0.5) is 11.4 Å². The van der Waals surface area contributed by atoms with Gasteiger partial charge in [0.05, 0.1) is 12.1 Å². The van der Waals surface area contributed by atoms with E-state index < -0.39 is 0 Å². The molecule has 0 radical (unpaired) electrons. The smallest absolute Gasteiger partial charge is 0.0804 e. The van der Waals surface area contributed by atoms with E-state index in [-0.39, 0.29) is 0 Å². The minimum atomic E-state index is 0.428. The van der Waals surface area contributed by atoms with Crippen molar-refractivity contribution in [2.75, 3.05) is 17.7 Å². The molecule has 16 heavy (non-hydrogen) atoms. The Morgan fingerprint density at radius 1 is 1.12 bits per heavy atom. The first-order valence-corrected chi connectivity index (χ1v) is 6.06. The molecule has 3 rings (SSSR count). The molecule has 3 nitrogen and oxygen atoms in total. The highest BCUT2D eigenvalue weighted by Crippen LogP contribution is 2.39. The molecular formula is C13H18N2O. The number of nitrogen functional groups attached to an aromatic ring is 1. The van der Waals surface area contributed by atoms with E-state index in [9.17, 15) is 0 Å². The average molecular weight is 218 g/mol. The lowest BCUT2D eigenvalue weighted by Gasteiger charge is -2.20. The van der Waals surface area contributed by atoms with Crippen LogP contribution in [0.15, 0.2) is 24.3 Å². The molecule has 2 unspecified atom stereocenters. The average Bonchev–Trinajstić information content (AvgIpc) is 3.03. The van der Waals surface area contributed by atoms with Gasteiger partial charge in [-0.25, -0.2) is 0 Å². The maximum atomic E-state index is 5.80. The Labute approximate surface area is 96.0 Å². The van der Waals surface area contributed by atoms with E-state index in [1.807, 2.05) is 24.3 Å². The van der Waals surface area contributed by atoms with E-state index in [1.165, 1.54) is 12.8 Å². The first-order chi connectivity index (χ1) is 7.83. The quantitative estimate of drug-likeness (QED) is 0.765. The van der Waals surface area contributed by atoms with Crippen molar-refractivity contribution in [3.05, 3.63) is 24.3 Å². The Bertz CT molecular complexity index is 359. The summed E-state index contributed by atoms with van der Waals surface area (Å²) in [5.74, 6) is 0.800. The van der Waals surface area contributed by atoms with Crippen molar-refractivity contribution in [2.45, 2.75) is 31.4 Å². The summed E-state index contributed by atoms with van der Waals surface area (Å²) in [7, 11) is 0. The summed E-state index contributed by atoms with van der Waals surface area (Å²) in [5, 5.41) is 3.56. The van der Waals surface area contributed by atoms with E-state index >= 15 is 0 Å². The molecule has 1 aliphatic heterocycles. The third kappa shape index (κ3) is 2.00. The lowest BCUT2D eigenvalue weighted by molar-refractivity contribution is 0.0898. The zero-order valence-corrected chi connectivity index (χ0v) is 9.36. The van der Waals surface area contributed by atoms with Crippen LogP contribution in [0.1, 0.15) is 19.3 Å². The summed E-state index contributed by atoms with van der Waals surface area (Å²) in [6.45, 7) is 0.897. The number of anilines is 2. The molecule has 2 fully saturated rings. The molecule has 2 atom stereocenters. The summed E-state index contributed by atoms with van der Waals surface area (Å²) in [6.07, 6.45) is 4.22. The standard InChI is InChI=1S/C13H18N2O/c14-10-3-5-11(6-4-10)15-12-7-8-16-13(12)9-1-2-9/h3-6,9,12-13,15H,1-2,7-8,14H2. The molecule has 1 aromatic rings. The third-order valence-electron chi connectivity index (χ3n) is 3.49. The minimum absolute atomic E-state index is 0.428. The molecule has 1 saturated heterocycles. The first kappa shape index (κ1) is 9.97. The number of nitrogens with two attached hydrogens (primary N) is 1. The summed E-state index contributed by atoms with van der Waals surface area (Å²) in [5.41, 5.74) is 7.63. The van der Waals surface area contributed by atoms with Crippen LogP contribution < -0.4 is 11.1 Å². The van der Waals surface area contributed by atoms with Gasteiger partial charge in [0, 0.05) is 18.0 Å². The number of hydrogen-bond acceptors (Lipinski definition) is 3. The second-order valence-corrected chi connectivity index (χ2v) is 4.83. The normalized spacial score (nSPS) is 29.2. The summed E-state index contributed by atoms with van der Waals surface area (Å²) >= 11 is 0. The van der Waals surface area contributed by atoms with Crippen molar-refractivity contribution >= 4 is 11.4 Å². The van der Waals surface area contributed by atoms with Crippen molar-refractivity contribution in [1.29, 1.82) is 0 Å². The number of benzene rings is 1. The Kier molecular flexibility index (Phi) is 2.48. The highest BCUT2D eigenvalue weighted by atomic mass is 16.5. The van der Waals surface area contributed by atoms with Crippen molar-refractivity contribution in [3.63, 3.8) is 0 Å². The lowest BCUT2D eigenvalue weighted by atomic mass is 10.1. The Morgan fingerprint density at radius 2 is 1.88 bits per heavy atom. The fraction of sp³-hybridized carbons (Fsp3) is 0.538. The van der Waals surface area contributed by atoms with E-state index in [1.54, 1.807) is 0 Å². The minimum Gasteiger partial charge on any atom is -0.399 e. The van der Waals surface area contributed by atoms with Gasteiger partial charge in [-0.2, -0.15) is 0 Å². The summed E-state index contributed by atoms with van der Waals surface area (Å²) < 4.78 is 5.80. The first-order valence-electron chi connectivity index (χ1n) is 6.06. The van der Waals surface area contributed by atoms with Gasteiger partial charge >= 0.3 is 0 Å². The molecule has 0 amide bonds. The second kappa shape index (κ2) is 3.98. The van der Waals surface area contributed by atoms with Gasteiger partial charge in [0.15, 0.2) is 0 Å². The third-order valence-corrected chi connectivity index (χ3v) is 3.49. The van der Waals surface area contributed by atoms with E-state index in [2.05, 4.69) is 5.32 Å². The van der Waals surface area contributed by atoms with Crippen molar-refractivity contribution in [1.82, 2.24) is 0 Å². The Morgan fingerprint density at radius 3 is 2.56 bits per heavy atom. The molecule has 0 spiro atoms. The second-order valence-electron chi connectivity index (χ2n) is 4.83. The fourth-order valence-corrected chi connectivity index (χ4v) is 2.45. The van der Waals surface area contributed by atoms with Gasteiger partial charge in [0.1, 0.15) is 0 Å². The topological polar surface area (TPSA) is 47.3 Å². The van der Waals surface area contributed by atoms with Gasteiger partial charge in [-0.1, -0.05) is 0 Å². The van der Waals surface area contributed by atoms with Crippen molar-refractivity contribution in [3.8, 4) is 0 Å². The zero-order chi connectivity index (χ0) is 11.0. The molecular weight excluding hydrogens is 200 g/mol. The van der Waals surface area contributed by atoms with Crippen LogP contribution in [0.5, 0.6) is 0 Å². The molecule has 1 heterocycles. The predicted molar refractivity (Wildman–Crippen MR) is 65.3 cm³/mol. The molecule has 2 aliphatic rings. The highest BCUT2D eigenvalue weighted by Gasteiger charge is 2.40. The van der Waals surface area contributed by atoms with Gasteiger partial charge in [-0.15, -0.1) is 0 Å². The maximum Gasteiger partial charge on any atom is 0.0804 e. The van der Waals surface area contributed by atoms with Crippen LogP contribution in [0.25, 0.3) is 0 Å². The predicted octanol–water partition coefficient (Wildman–Crippen LogP) is 2.25. The van der Waals surface area contributed by atoms with E-state index in [0.717, 1.165) is 30.3 Å². The van der Waals surface area contributed by atoms with Crippen molar-refractivity contribution < 1.29 is 4.74 Å². The van der Waals surface area contributed by atoms with Gasteiger partial charge in [-0.3, -0.25) is 0 Å². The SMILES string of the molecule is Nc1ccc(NC2CCOC2C2CC2)cc1. The van der Waals surface area contributed by atoms with Crippen LogP contribution >= 0.6 is 0 Å². The Balaban J connectivity index is 1.66. The molecule has 86 valence electrons. The number of ether oxygens (including phenoxy) is 1. The summed E-state index contributed by atoms with van der Waals surface area (Å²) in [4.78, 5) is 0. The van der Waals surface area contributed by atoms with E-state index in [4.69, 9.17) is 10.5 Å². The molecule has 1 aliphatic carbocycles. The molecule has 0 bridgehead atoms.